The first-order valence-corrected chi connectivity index (χ1v) is 6.13. The molecule has 0 aliphatic rings. The van der Waals surface area contributed by atoms with E-state index in [4.69, 9.17) is 11.6 Å². The van der Waals surface area contributed by atoms with Crippen LogP contribution in [0.4, 0.5) is 5.69 Å². The maximum atomic E-state index is 11.8. The Kier molecular flexibility index (Phi) is 4.00. The Balaban J connectivity index is 2.01. The van der Waals surface area contributed by atoms with Gasteiger partial charge in [0.25, 0.3) is 0 Å². The highest BCUT2D eigenvalue weighted by molar-refractivity contribution is 6.31. The Hall–Kier alpha value is -1.80. The van der Waals surface area contributed by atoms with Crippen LogP contribution in [0.25, 0.3) is 0 Å². The van der Waals surface area contributed by atoms with Crippen LogP contribution in [-0.2, 0) is 11.2 Å². The molecule has 2 aromatic carbocycles. The number of aryl methyl sites for hydroxylation is 1. The molecule has 0 saturated carbocycles. The van der Waals surface area contributed by atoms with Gasteiger partial charge in [0.15, 0.2) is 0 Å². The summed E-state index contributed by atoms with van der Waals surface area (Å²) in [4.78, 5) is 11.8. The molecule has 0 aromatic heterocycles. The molecule has 1 N–H and O–H groups in total. The minimum Gasteiger partial charge on any atom is -0.326 e. The topological polar surface area (TPSA) is 29.1 Å². The van der Waals surface area contributed by atoms with Crippen molar-refractivity contribution >= 4 is 23.2 Å². The Bertz CT molecular complexity index is 552. The third kappa shape index (κ3) is 3.34. The van der Waals surface area contributed by atoms with Gasteiger partial charge in [0.2, 0.25) is 5.91 Å². The molecule has 0 atom stereocenters. The van der Waals surface area contributed by atoms with E-state index in [0.29, 0.717) is 11.4 Å². The summed E-state index contributed by atoms with van der Waals surface area (Å²) in [5.74, 6) is -0.0406. The van der Waals surface area contributed by atoms with Gasteiger partial charge < -0.3 is 5.32 Å². The van der Waals surface area contributed by atoms with E-state index in [0.717, 1.165) is 16.8 Å². The second-order valence-electron chi connectivity index (χ2n) is 4.17. The van der Waals surface area contributed by atoms with E-state index in [1.54, 1.807) is 6.07 Å². The van der Waals surface area contributed by atoms with E-state index in [2.05, 4.69) is 5.32 Å². The molecular weight excluding hydrogens is 246 g/mol. The van der Waals surface area contributed by atoms with Crippen molar-refractivity contribution in [2.45, 2.75) is 13.3 Å². The van der Waals surface area contributed by atoms with Gasteiger partial charge in [-0.25, -0.2) is 0 Å². The lowest BCUT2D eigenvalue weighted by Crippen LogP contribution is -2.14. The Morgan fingerprint density at radius 1 is 1.17 bits per heavy atom. The van der Waals surface area contributed by atoms with Crippen LogP contribution in [0.5, 0.6) is 0 Å². The van der Waals surface area contributed by atoms with Crippen LogP contribution in [0.15, 0.2) is 48.5 Å². The quantitative estimate of drug-likeness (QED) is 0.892. The maximum Gasteiger partial charge on any atom is 0.228 e. The second kappa shape index (κ2) is 5.69. The summed E-state index contributed by atoms with van der Waals surface area (Å²) < 4.78 is 0. The van der Waals surface area contributed by atoms with Crippen molar-refractivity contribution in [3.05, 3.63) is 64.7 Å². The van der Waals surface area contributed by atoms with Crippen molar-refractivity contribution in [1.29, 1.82) is 0 Å². The van der Waals surface area contributed by atoms with Crippen LogP contribution in [0, 0.1) is 6.92 Å². The van der Waals surface area contributed by atoms with Gasteiger partial charge in [0, 0.05) is 10.7 Å². The maximum absolute atomic E-state index is 11.8. The van der Waals surface area contributed by atoms with E-state index in [-0.39, 0.29) is 5.91 Å². The van der Waals surface area contributed by atoms with Gasteiger partial charge in [-0.2, -0.15) is 0 Å². The van der Waals surface area contributed by atoms with Crippen molar-refractivity contribution in [1.82, 2.24) is 0 Å². The average Bonchev–Trinajstić information content (AvgIpc) is 2.35. The lowest BCUT2D eigenvalue weighted by Gasteiger charge is -2.07. The Morgan fingerprint density at radius 3 is 2.56 bits per heavy atom. The lowest BCUT2D eigenvalue weighted by atomic mass is 10.1. The Morgan fingerprint density at radius 2 is 1.89 bits per heavy atom. The zero-order chi connectivity index (χ0) is 13.0. The predicted octanol–water partition coefficient (Wildman–Crippen LogP) is 3.83. The first-order valence-electron chi connectivity index (χ1n) is 5.75. The summed E-state index contributed by atoms with van der Waals surface area (Å²) in [6.07, 6.45) is 0.367. The molecule has 1 amide bonds. The van der Waals surface area contributed by atoms with E-state index in [1.807, 2.05) is 49.4 Å². The van der Waals surface area contributed by atoms with Gasteiger partial charge in [0.05, 0.1) is 6.42 Å². The SMILES string of the molecule is Cc1ccc(NC(=O)Cc2ccccc2)cc1Cl. The number of nitrogens with one attached hydrogen (secondary N) is 1. The standard InChI is InChI=1S/C15H14ClNO/c1-11-7-8-13(10-14(11)16)17-15(18)9-12-5-3-2-4-6-12/h2-8,10H,9H2,1H3,(H,17,18). The molecular formula is C15H14ClNO. The van der Waals surface area contributed by atoms with Crippen LogP contribution in [-0.4, -0.2) is 5.91 Å². The number of rotatable bonds is 3. The predicted molar refractivity (Wildman–Crippen MR) is 75.0 cm³/mol. The molecule has 0 aliphatic carbocycles. The molecule has 0 aliphatic heterocycles. The number of carbonyl (C=O) groups is 1. The number of halogens is 1. The summed E-state index contributed by atoms with van der Waals surface area (Å²) in [6.45, 7) is 1.93. The van der Waals surface area contributed by atoms with Crippen LogP contribution in [0.2, 0.25) is 5.02 Å². The van der Waals surface area contributed by atoms with Crippen LogP contribution in [0.3, 0.4) is 0 Å². The van der Waals surface area contributed by atoms with Gasteiger partial charge in [-0.3, -0.25) is 4.79 Å². The van der Waals surface area contributed by atoms with Crippen molar-refractivity contribution in [2.75, 3.05) is 5.32 Å². The van der Waals surface area contributed by atoms with Crippen LogP contribution >= 0.6 is 11.6 Å². The third-order valence-electron chi connectivity index (χ3n) is 2.66. The molecule has 0 radical (unpaired) electrons. The zero-order valence-corrected chi connectivity index (χ0v) is 10.9. The van der Waals surface area contributed by atoms with Gasteiger partial charge in [-0.1, -0.05) is 48.0 Å². The van der Waals surface area contributed by atoms with E-state index >= 15 is 0 Å². The minimum atomic E-state index is -0.0406. The molecule has 0 saturated heterocycles. The summed E-state index contributed by atoms with van der Waals surface area (Å²) in [6, 6.07) is 15.1. The number of carbonyl (C=O) groups excluding carboxylic acids is 1. The summed E-state index contributed by atoms with van der Waals surface area (Å²) in [7, 11) is 0. The highest BCUT2D eigenvalue weighted by atomic mass is 35.5. The second-order valence-corrected chi connectivity index (χ2v) is 4.58. The molecule has 2 aromatic rings. The molecule has 0 unspecified atom stereocenters. The largest absolute Gasteiger partial charge is 0.326 e. The van der Waals surface area contributed by atoms with Gasteiger partial charge in [-0.05, 0) is 30.2 Å². The first-order chi connectivity index (χ1) is 8.65. The fourth-order valence-electron chi connectivity index (χ4n) is 1.66. The van der Waals surface area contributed by atoms with Gasteiger partial charge in [-0.15, -0.1) is 0 Å². The molecule has 2 nitrogen and oxygen atoms in total. The number of anilines is 1. The van der Waals surface area contributed by atoms with Crippen molar-refractivity contribution in [3.8, 4) is 0 Å². The highest BCUT2D eigenvalue weighted by Gasteiger charge is 2.04. The normalized spacial score (nSPS) is 10.1. The van der Waals surface area contributed by atoms with Gasteiger partial charge in [0.1, 0.15) is 0 Å². The van der Waals surface area contributed by atoms with Crippen molar-refractivity contribution in [3.63, 3.8) is 0 Å². The number of benzene rings is 2. The molecule has 0 bridgehead atoms. The summed E-state index contributed by atoms with van der Waals surface area (Å²) in [5.41, 5.74) is 2.72. The molecule has 2 rings (SSSR count). The smallest absolute Gasteiger partial charge is 0.228 e. The average molecular weight is 260 g/mol. The molecule has 18 heavy (non-hydrogen) atoms. The van der Waals surface area contributed by atoms with Crippen LogP contribution in [0.1, 0.15) is 11.1 Å². The fourth-order valence-corrected chi connectivity index (χ4v) is 1.84. The monoisotopic (exact) mass is 259 g/mol. The number of hydrogen-bond donors (Lipinski definition) is 1. The lowest BCUT2D eigenvalue weighted by molar-refractivity contribution is -0.115. The Labute approximate surface area is 112 Å². The molecule has 0 fully saturated rings. The van der Waals surface area contributed by atoms with E-state index < -0.39 is 0 Å². The van der Waals surface area contributed by atoms with E-state index in [9.17, 15) is 4.79 Å². The number of hydrogen-bond acceptors (Lipinski definition) is 1. The first kappa shape index (κ1) is 12.7. The van der Waals surface area contributed by atoms with E-state index in [1.165, 1.54) is 0 Å². The minimum absolute atomic E-state index is 0.0406. The van der Waals surface area contributed by atoms with Crippen molar-refractivity contribution in [2.24, 2.45) is 0 Å². The number of amides is 1. The molecule has 92 valence electrons. The van der Waals surface area contributed by atoms with Crippen LogP contribution < -0.4 is 5.32 Å². The zero-order valence-electron chi connectivity index (χ0n) is 10.1. The molecule has 0 heterocycles. The summed E-state index contributed by atoms with van der Waals surface area (Å²) in [5, 5.41) is 3.49. The highest BCUT2D eigenvalue weighted by Crippen LogP contribution is 2.20. The van der Waals surface area contributed by atoms with Crippen molar-refractivity contribution < 1.29 is 4.79 Å². The fraction of sp³-hybridized carbons (Fsp3) is 0.133. The molecule has 3 heteroatoms. The van der Waals surface area contributed by atoms with Gasteiger partial charge >= 0.3 is 0 Å². The third-order valence-corrected chi connectivity index (χ3v) is 3.07. The summed E-state index contributed by atoms with van der Waals surface area (Å²) >= 11 is 6.01. The molecule has 0 spiro atoms.